The first-order valence-corrected chi connectivity index (χ1v) is 6.54. The largest absolute Gasteiger partial charge is 0.374 e. The summed E-state index contributed by atoms with van der Waals surface area (Å²) in [5.41, 5.74) is 7.71. The summed E-state index contributed by atoms with van der Waals surface area (Å²) >= 11 is 0. The number of rotatable bonds is 6. The number of nitro benzene ring substituents is 1. The van der Waals surface area contributed by atoms with Crippen molar-refractivity contribution >= 4 is 11.4 Å². The van der Waals surface area contributed by atoms with Gasteiger partial charge in [-0.3, -0.25) is 10.1 Å². The van der Waals surface area contributed by atoms with Crippen LogP contribution < -0.4 is 10.6 Å². The predicted octanol–water partition coefficient (Wildman–Crippen LogP) is 2.71. The number of hydrogen-bond acceptors (Lipinski definition) is 4. The second kappa shape index (κ2) is 6.52. The van der Waals surface area contributed by atoms with Gasteiger partial charge in [0.1, 0.15) is 0 Å². The van der Waals surface area contributed by atoms with Crippen LogP contribution in [0, 0.1) is 23.0 Å². The number of anilines is 1. The molecule has 2 N–H and O–H groups in total. The first kappa shape index (κ1) is 15.4. The Labute approximate surface area is 114 Å². The SMILES string of the molecule is Cc1ccc(N(C)CCC(N)C(C)C)cc1[N+](=O)[O-]. The molecule has 1 unspecified atom stereocenters. The van der Waals surface area contributed by atoms with Gasteiger partial charge < -0.3 is 10.6 Å². The molecule has 5 heteroatoms. The van der Waals surface area contributed by atoms with Gasteiger partial charge in [-0.1, -0.05) is 19.9 Å². The van der Waals surface area contributed by atoms with Crippen LogP contribution in [0.25, 0.3) is 0 Å². The Morgan fingerprint density at radius 1 is 1.42 bits per heavy atom. The van der Waals surface area contributed by atoms with Gasteiger partial charge in [-0.05, 0) is 25.3 Å². The Balaban J connectivity index is 2.75. The summed E-state index contributed by atoms with van der Waals surface area (Å²) in [4.78, 5) is 12.6. The molecule has 0 saturated carbocycles. The summed E-state index contributed by atoms with van der Waals surface area (Å²) in [6.45, 7) is 6.74. The van der Waals surface area contributed by atoms with Gasteiger partial charge in [0.2, 0.25) is 0 Å². The summed E-state index contributed by atoms with van der Waals surface area (Å²) < 4.78 is 0. The van der Waals surface area contributed by atoms with Gasteiger partial charge in [-0.15, -0.1) is 0 Å². The van der Waals surface area contributed by atoms with Crippen molar-refractivity contribution in [2.24, 2.45) is 11.7 Å². The van der Waals surface area contributed by atoms with Crippen LogP contribution in [0.3, 0.4) is 0 Å². The van der Waals surface area contributed by atoms with Crippen molar-refractivity contribution in [1.82, 2.24) is 0 Å². The van der Waals surface area contributed by atoms with Crippen molar-refractivity contribution in [3.05, 3.63) is 33.9 Å². The predicted molar refractivity (Wildman–Crippen MR) is 78.5 cm³/mol. The fourth-order valence-corrected chi connectivity index (χ4v) is 1.84. The lowest BCUT2D eigenvalue weighted by atomic mass is 10.0. The zero-order valence-corrected chi connectivity index (χ0v) is 12.1. The number of benzene rings is 1. The molecule has 0 aliphatic carbocycles. The van der Waals surface area contributed by atoms with Crippen LogP contribution in [0.5, 0.6) is 0 Å². The first-order valence-electron chi connectivity index (χ1n) is 6.54. The molecule has 1 aromatic rings. The standard InChI is InChI=1S/C14H23N3O2/c1-10(2)13(15)7-8-16(4)12-6-5-11(3)14(9-12)17(18)19/h5-6,9-10,13H,7-8,15H2,1-4H3. The molecule has 0 bridgehead atoms. The lowest BCUT2D eigenvalue weighted by Gasteiger charge is -2.23. The summed E-state index contributed by atoms with van der Waals surface area (Å²) in [6.07, 6.45) is 0.871. The van der Waals surface area contributed by atoms with Gasteiger partial charge in [0.15, 0.2) is 0 Å². The van der Waals surface area contributed by atoms with E-state index in [1.54, 1.807) is 19.1 Å². The van der Waals surface area contributed by atoms with Crippen LogP contribution in [0.2, 0.25) is 0 Å². The quantitative estimate of drug-likeness (QED) is 0.634. The van der Waals surface area contributed by atoms with Gasteiger partial charge in [0.05, 0.1) is 4.92 Å². The lowest BCUT2D eigenvalue weighted by molar-refractivity contribution is -0.385. The number of nitrogens with two attached hydrogens (primary N) is 1. The highest BCUT2D eigenvalue weighted by atomic mass is 16.6. The number of hydrogen-bond donors (Lipinski definition) is 1. The molecule has 0 amide bonds. The van der Waals surface area contributed by atoms with Gasteiger partial charge in [-0.25, -0.2) is 0 Å². The van der Waals surface area contributed by atoms with E-state index in [1.807, 2.05) is 18.0 Å². The summed E-state index contributed by atoms with van der Waals surface area (Å²) in [5.74, 6) is 0.445. The minimum atomic E-state index is -0.341. The van der Waals surface area contributed by atoms with Crippen molar-refractivity contribution in [2.45, 2.75) is 33.2 Å². The monoisotopic (exact) mass is 265 g/mol. The van der Waals surface area contributed by atoms with Crippen LogP contribution in [0.4, 0.5) is 11.4 Å². The normalized spacial score (nSPS) is 12.5. The van der Waals surface area contributed by atoms with E-state index in [9.17, 15) is 10.1 Å². The van der Waals surface area contributed by atoms with Gasteiger partial charge >= 0.3 is 0 Å². The molecule has 0 aromatic heterocycles. The highest BCUT2D eigenvalue weighted by molar-refractivity contribution is 5.56. The van der Waals surface area contributed by atoms with E-state index in [0.717, 1.165) is 18.7 Å². The molecular formula is C14H23N3O2. The highest BCUT2D eigenvalue weighted by Crippen LogP contribution is 2.24. The molecule has 1 aromatic carbocycles. The van der Waals surface area contributed by atoms with E-state index in [-0.39, 0.29) is 16.7 Å². The molecule has 5 nitrogen and oxygen atoms in total. The van der Waals surface area contributed by atoms with Crippen molar-refractivity contribution in [1.29, 1.82) is 0 Å². The average Bonchev–Trinajstić information content (AvgIpc) is 2.35. The fourth-order valence-electron chi connectivity index (χ4n) is 1.84. The Bertz CT molecular complexity index is 446. The molecule has 0 aliphatic rings. The van der Waals surface area contributed by atoms with Crippen molar-refractivity contribution < 1.29 is 4.92 Å². The Hall–Kier alpha value is -1.62. The van der Waals surface area contributed by atoms with E-state index < -0.39 is 0 Å². The topological polar surface area (TPSA) is 72.4 Å². The van der Waals surface area contributed by atoms with E-state index in [0.29, 0.717) is 11.5 Å². The molecule has 19 heavy (non-hydrogen) atoms. The van der Waals surface area contributed by atoms with Gasteiger partial charge in [0.25, 0.3) is 5.69 Å². The van der Waals surface area contributed by atoms with Gasteiger partial charge in [0, 0.05) is 37.0 Å². The van der Waals surface area contributed by atoms with E-state index in [4.69, 9.17) is 5.73 Å². The number of aryl methyl sites for hydroxylation is 1. The highest BCUT2D eigenvalue weighted by Gasteiger charge is 2.14. The Morgan fingerprint density at radius 2 is 2.05 bits per heavy atom. The van der Waals surface area contributed by atoms with Crippen LogP contribution in [0.15, 0.2) is 18.2 Å². The molecule has 0 aliphatic heterocycles. The second-order valence-corrected chi connectivity index (χ2v) is 5.35. The van der Waals surface area contributed by atoms with Crippen LogP contribution in [-0.2, 0) is 0 Å². The third-order valence-corrected chi connectivity index (χ3v) is 3.48. The maximum atomic E-state index is 10.9. The minimum Gasteiger partial charge on any atom is -0.374 e. The molecule has 106 valence electrons. The van der Waals surface area contributed by atoms with E-state index in [2.05, 4.69) is 13.8 Å². The second-order valence-electron chi connectivity index (χ2n) is 5.35. The van der Waals surface area contributed by atoms with Crippen molar-refractivity contribution in [2.75, 3.05) is 18.5 Å². The Morgan fingerprint density at radius 3 is 2.58 bits per heavy atom. The summed E-state index contributed by atoms with van der Waals surface area (Å²) in [6, 6.07) is 5.47. The van der Waals surface area contributed by atoms with Crippen LogP contribution in [0.1, 0.15) is 25.8 Å². The van der Waals surface area contributed by atoms with Crippen molar-refractivity contribution in [3.63, 3.8) is 0 Å². The molecule has 0 heterocycles. The number of nitro groups is 1. The maximum Gasteiger partial charge on any atom is 0.274 e. The maximum absolute atomic E-state index is 10.9. The summed E-state index contributed by atoms with van der Waals surface area (Å²) in [7, 11) is 1.93. The molecular weight excluding hydrogens is 242 g/mol. The number of nitrogens with zero attached hydrogens (tertiary/aromatic N) is 2. The minimum absolute atomic E-state index is 0.155. The van der Waals surface area contributed by atoms with E-state index >= 15 is 0 Å². The lowest BCUT2D eigenvalue weighted by Crippen LogP contribution is -2.31. The third kappa shape index (κ3) is 4.21. The molecule has 1 atom stereocenters. The van der Waals surface area contributed by atoms with Crippen molar-refractivity contribution in [3.8, 4) is 0 Å². The smallest absolute Gasteiger partial charge is 0.274 e. The summed E-state index contributed by atoms with van der Waals surface area (Å²) in [5, 5.41) is 10.9. The molecule has 1 rings (SSSR count). The van der Waals surface area contributed by atoms with Crippen LogP contribution in [-0.4, -0.2) is 24.6 Å². The van der Waals surface area contributed by atoms with E-state index in [1.165, 1.54) is 0 Å². The zero-order chi connectivity index (χ0) is 14.6. The molecule has 0 radical (unpaired) electrons. The van der Waals surface area contributed by atoms with Crippen LogP contribution >= 0.6 is 0 Å². The molecule has 0 fully saturated rings. The fraction of sp³-hybridized carbons (Fsp3) is 0.571. The van der Waals surface area contributed by atoms with Gasteiger partial charge in [-0.2, -0.15) is 0 Å². The Kier molecular flexibility index (Phi) is 5.30. The first-order chi connectivity index (χ1) is 8.82. The third-order valence-electron chi connectivity index (χ3n) is 3.48. The molecule has 0 saturated heterocycles. The zero-order valence-electron chi connectivity index (χ0n) is 12.1. The average molecular weight is 265 g/mol. The molecule has 0 spiro atoms.